The second-order valence-electron chi connectivity index (χ2n) is 3.38. The monoisotopic (exact) mass is 343 g/mol. The van der Waals surface area contributed by atoms with E-state index in [-0.39, 0.29) is 5.56 Å². The van der Waals surface area contributed by atoms with Crippen molar-refractivity contribution in [3.8, 4) is 0 Å². The molecule has 0 atom stereocenters. The van der Waals surface area contributed by atoms with Crippen molar-refractivity contribution in [2.45, 2.75) is 12.8 Å². The highest BCUT2D eigenvalue weighted by Crippen LogP contribution is 2.15. The maximum atomic E-state index is 12.9. The first-order valence-electron chi connectivity index (χ1n) is 4.41. The van der Waals surface area contributed by atoms with Crippen molar-refractivity contribution in [2.24, 2.45) is 0 Å². The molecular weight excluding hydrogens is 334 g/mol. The molecule has 1 aromatic carbocycles. The fourth-order valence-electron chi connectivity index (χ4n) is 1.00. The molecule has 16 heavy (non-hydrogen) atoms. The average molecular weight is 343 g/mol. The Morgan fingerprint density at radius 1 is 1.50 bits per heavy atom. The maximum Gasteiger partial charge on any atom is 0.262 e. The molecular formula is C10H9F3INO. The van der Waals surface area contributed by atoms with Crippen LogP contribution in [0.15, 0.2) is 18.2 Å². The van der Waals surface area contributed by atoms with Gasteiger partial charge in [0, 0.05) is 10.5 Å². The van der Waals surface area contributed by atoms with E-state index in [9.17, 15) is 18.0 Å². The summed E-state index contributed by atoms with van der Waals surface area (Å²) in [7, 11) is 0. The lowest BCUT2D eigenvalue weighted by Crippen LogP contribution is -2.34. The van der Waals surface area contributed by atoms with E-state index in [1.807, 2.05) is 27.9 Å². The maximum absolute atomic E-state index is 12.9. The summed E-state index contributed by atoms with van der Waals surface area (Å²) in [5.41, 5.74) is 0.0600. The highest BCUT2D eigenvalue weighted by Gasteiger charge is 2.22. The third kappa shape index (κ3) is 3.99. The number of alkyl halides is 2. The summed E-state index contributed by atoms with van der Waals surface area (Å²) in [6.45, 7) is -0.0672. The van der Waals surface area contributed by atoms with Crippen LogP contribution in [-0.4, -0.2) is 18.4 Å². The minimum Gasteiger partial charge on any atom is -0.346 e. The molecule has 1 N–H and O–H groups in total. The standard InChI is InChI=1S/C10H9F3INO/c1-10(12,13)5-15-9(16)7-4-6(11)2-3-8(7)14/h2-4H,5H2,1H3,(H,15,16). The molecule has 1 rings (SSSR count). The van der Waals surface area contributed by atoms with Crippen molar-refractivity contribution in [3.05, 3.63) is 33.1 Å². The van der Waals surface area contributed by atoms with Crippen molar-refractivity contribution in [1.29, 1.82) is 0 Å². The number of amides is 1. The normalized spacial score (nSPS) is 11.3. The van der Waals surface area contributed by atoms with Gasteiger partial charge in [0.2, 0.25) is 0 Å². The number of halogens is 4. The molecule has 6 heteroatoms. The average Bonchev–Trinajstić information content (AvgIpc) is 2.17. The van der Waals surface area contributed by atoms with Crippen molar-refractivity contribution in [1.82, 2.24) is 5.32 Å². The molecule has 0 fully saturated rings. The van der Waals surface area contributed by atoms with Gasteiger partial charge in [0.05, 0.1) is 12.1 Å². The molecule has 1 aromatic rings. The molecule has 0 radical (unpaired) electrons. The lowest BCUT2D eigenvalue weighted by atomic mass is 10.2. The summed E-state index contributed by atoms with van der Waals surface area (Å²) >= 11 is 1.84. The molecule has 0 bridgehead atoms. The van der Waals surface area contributed by atoms with Gasteiger partial charge in [0.15, 0.2) is 0 Å². The van der Waals surface area contributed by atoms with Crippen LogP contribution in [0.25, 0.3) is 0 Å². The number of carbonyl (C=O) groups is 1. The molecule has 0 spiro atoms. The van der Waals surface area contributed by atoms with Gasteiger partial charge in [-0.25, -0.2) is 13.2 Å². The third-order valence-corrected chi connectivity index (χ3v) is 2.67. The summed E-state index contributed by atoms with van der Waals surface area (Å²) < 4.78 is 38.3. The zero-order chi connectivity index (χ0) is 12.3. The SMILES string of the molecule is CC(F)(F)CNC(=O)c1cc(F)ccc1I. The van der Waals surface area contributed by atoms with Gasteiger partial charge in [-0.05, 0) is 40.8 Å². The van der Waals surface area contributed by atoms with E-state index in [1.165, 1.54) is 12.1 Å². The predicted octanol–water partition coefficient (Wildman–Crippen LogP) is 2.82. The predicted molar refractivity (Wildman–Crippen MR) is 62.1 cm³/mol. The van der Waals surface area contributed by atoms with Gasteiger partial charge in [-0.1, -0.05) is 0 Å². The molecule has 0 aliphatic rings. The lowest BCUT2D eigenvalue weighted by molar-refractivity contribution is 0.0221. The van der Waals surface area contributed by atoms with Crippen LogP contribution >= 0.6 is 22.6 Å². The largest absolute Gasteiger partial charge is 0.346 e. The van der Waals surface area contributed by atoms with Crippen molar-refractivity contribution >= 4 is 28.5 Å². The van der Waals surface area contributed by atoms with E-state index >= 15 is 0 Å². The Morgan fingerprint density at radius 3 is 2.69 bits per heavy atom. The number of nitrogens with one attached hydrogen (secondary N) is 1. The first-order chi connectivity index (χ1) is 7.29. The number of benzene rings is 1. The zero-order valence-corrected chi connectivity index (χ0v) is 10.5. The lowest BCUT2D eigenvalue weighted by Gasteiger charge is -2.12. The molecule has 0 unspecified atom stereocenters. The molecule has 0 aliphatic heterocycles. The summed E-state index contributed by atoms with van der Waals surface area (Å²) in [5, 5.41) is 2.05. The molecule has 0 aromatic heterocycles. The topological polar surface area (TPSA) is 29.1 Å². The second-order valence-corrected chi connectivity index (χ2v) is 4.54. The highest BCUT2D eigenvalue weighted by atomic mass is 127. The second kappa shape index (κ2) is 5.03. The van der Waals surface area contributed by atoms with Gasteiger partial charge in [-0.15, -0.1) is 0 Å². The zero-order valence-electron chi connectivity index (χ0n) is 8.36. The van der Waals surface area contributed by atoms with E-state index in [4.69, 9.17) is 0 Å². The molecule has 0 saturated heterocycles. The van der Waals surface area contributed by atoms with Crippen LogP contribution in [0.1, 0.15) is 17.3 Å². The van der Waals surface area contributed by atoms with Crippen LogP contribution in [0.2, 0.25) is 0 Å². The van der Waals surface area contributed by atoms with Crippen LogP contribution in [-0.2, 0) is 0 Å². The Kier molecular flexibility index (Phi) is 4.17. The Balaban J connectivity index is 2.77. The number of hydrogen-bond acceptors (Lipinski definition) is 1. The van der Waals surface area contributed by atoms with E-state index in [0.29, 0.717) is 10.5 Å². The van der Waals surface area contributed by atoms with Crippen molar-refractivity contribution in [2.75, 3.05) is 6.54 Å². The molecule has 1 amide bonds. The van der Waals surface area contributed by atoms with Gasteiger partial charge >= 0.3 is 0 Å². The molecule has 2 nitrogen and oxygen atoms in total. The van der Waals surface area contributed by atoms with Crippen molar-refractivity contribution in [3.63, 3.8) is 0 Å². The summed E-state index contributed by atoms with van der Waals surface area (Å²) in [6, 6.07) is 3.63. The number of hydrogen-bond donors (Lipinski definition) is 1. The third-order valence-electron chi connectivity index (χ3n) is 1.73. The molecule has 0 saturated carbocycles. The summed E-state index contributed by atoms with van der Waals surface area (Å²) in [5.74, 6) is -4.26. The van der Waals surface area contributed by atoms with E-state index in [0.717, 1.165) is 6.07 Å². The van der Waals surface area contributed by atoms with E-state index in [2.05, 4.69) is 0 Å². The fourth-order valence-corrected chi connectivity index (χ4v) is 1.58. The van der Waals surface area contributed by atoms with Gasteiger partial charge < -0.3 is 5.32 Å². The molecule has 88 valence electrons. The van der Waals surface area contributed by atoms with Gasteiger partial charge in [0.25, 0.3) is 11.8 Å². The van der Waals surface area contributed by atoms with Crippen LogP contribution < -0.4 is 5.32 Å². The highest BCUT2D eigenvalue weighted by molar-refractivity contribution is 14.1. The van der Waals surface area contributed by atoms with E-state index < -0.39 is 24.2 Å². The smallest absolute Gasteiger partial charge is 0.262 e. The molecule has 0 aliphatic carbocycles. The molecule has 0 heterocycles. The Morgan fingerprint density at radius 2 is 2.12 bits per heavy atom. The Bertz CT molecular complexity index is 404. The van der Waals surface area contributed by atoms with E-state index in [1.54, 1.807) is 0 Å². The van der Waals surface area contributed by atoms with Gasteiger partial charge in [-0.2, -0.15) is 0 Å². The number of carbonyl (C=O) groups excluding carboxylic acids is 1. The minimum atomic E-state index is -2.98. The van der Waals surface area contributed by atoms with Gasteiger partial charge in [0.1, 0.15) is 5.82 Å². The minimum absolute atomic E-state index is 0.0600. The first-order valence-corrected chi connectivity index (χ1v) is 5.48. The van der Waals surface area contributed by atoms with Crippen LogP contribution in [0.3, 0.4) is 0 Å². The Hall–Kier alpha value is -0.790. The van der Waals surface area contributed by atoms with Crippen LogP contribution in [0.5, 0.6) is 0 Å². The number of rotatable bonds is 3. The van der Waals surface area contributed by atoms with Gasteiger partial charge in [-0.3, -0.25) is 4.79 Å². The first kappa shape index (κ1) is 13.3. The Labute approximate surface area is 104 Å². The van der Waals surface area contributed by atoms with Crippen LogP contribution in [0, 0.1) is 9.39 Å². The van der Waals surface area contributed by atoms with Crippen molar-refractivity contribution < 1.29 is 18.0 Å². The fraction of sp³-hybridized carbons (Fsp3) is 0.300. The van der Waals surface area contributed by atoms with Crippen LogP contribution in [0.4, 0.5) is 13.2 Å². The quantitative estimate of drug-likeness (QED) is 0.841. The summed E-state index contributed by atoms with van der Waals surface area (Å²) in [6.07, 6.45) is 0. The summed E-state index contributed by atoms with van der Waals surface area (Å²) in [4.78, 5) is 11.4.